The zero-order valence-electron chi connectivity index (χ0n) is 15.3. The standard InChI is InChI=1S/C20H23N3O2/c1-20(2,3)13-7-6-8-14(9-13)23-19-15-10-17(24-4)18(25-5)11-16(15)21-12-22-19/h6-12H,1-5H3,(H,21,22,23). The van der Waals surface area contributed by atoms with Gasteiger partial charge in [-0.2, -0.15) is 0 Å². The van der Waals surface area contributed by atoms with Gasteiger partial charge < -0.3 is 14.8 Å². The molecule has 25 heavy (non-hydrogen) atoms. The lowest BCUT2D eigenvalue weighted by molar-refractivity contribution is 0.356. The molecule has 5 nitrogen and oxygen atoms in total. The fraction of sp³-hybridized carbons (Fsp3) is 0.300. The van der Waals surface area contributed by atoms with Crippen molar-refractivity contribution < 1.29 is 9.47 Å². The zero-order valence-corrected chi connectivity index (χ0v) is 15.3. The summed E-state index contributed by atoms with van der Waals surface area (Å²) in [5.41, 5.74) is 3.13. The first-order chi connectivity index (χ1) is 11.9. The highest BCUT2D eigenvalue weighted by atomic mass is 16.5. The van der Waals surface area contributed by atoms with Crippen molar-refractivity contribution in [1.82, 2.24) is 9.97 Å². The maximum atomic E-state index is 5.41. The van der Waals surface area contributed by atoms with Crippen molar-refractivity contribution in [2.75, 3.05) is 19.5 Å². The molecule has 0 bridgehead atoms. The van der Waals surface area contributed by atoms with Crippen molar-refractivity contribution in [3.05, 3.63) is 48.3 Å². The van der Waals surface area contributed by atoms with Crippen LogP contribution in [0.25, 0.3) is 10.9 Å². The van der Waals surface area contributed by atoms with Crippen LogP contribution in [0.5, 0.6) is 11.5 Å². The third-order valence-corrected chi connectivity index (χ3v) is 4.13. The van der Waals surface area contributed by atoms with E-state index in [0.29, 0.717) is 11.5 Å². The van der Waals surface area contributed by atoms with Gasteiger partial charge in [0, 0.05) is 17.1 Å². The van der Waals surface area contributed by atoms with E-state index in [-0.39, 0.29) is 5.41 Å². The summed E-state index contributed by atoms with van der Waals surface area (Å²) in [6.45, 7) is 6.59. The Morgan fingerprint density at radius 2 is 1.64 bits per heavy atom. The van der Waals surface area contributed by atoms with Gasteiger partial charge in [-0.3, -0.25) is 0 Å². The van der Waals surface area contributed by atoms with Crippen LogP contribution in [-0.2, 0) is 5.41 Å². The van der Waals surface area contributed by atoms with Crippen LogP contribution in [0.2, 0.25) is 0 Å². The van der Waals surface area contributed by atoms with Gasteiger partial charge >= 0.3 is 0 Å². The van der Waals surface area contributed by atoms with Crippen LogP contribution in [-0.4, -0.2) is 24.2 Å². The molecule has 1 heterocycles. The van der Waals surface area contributed by atoms with E-state index in [2.05, 4.69) is 54.3 Å². The summed E-state index contributed by atoms with van der Waals surface area (Å²) in [6.07, 6.45) is 1.55. The molecule has 130 valence electrons. The lowest BCUT2D eigenvalue weighted by atomic mass is 9.87. The van der Waals surface area contributed by atoms with Crippen molar-refractivity contribution in [3.8, 4) is 11.5 Å². The van der Waals surface area contributed by atoms with Crippen LogP contribution in [0.4, 0.5) is 11.5 Å². The fourth-order valence-corrected chi connectivity index (χ4v) is 2.68. The number of nitrogens with one attached hydrogen (secondary N) is 1. The quantitative estimate of drug-likeness (QED) is 0.748. The number of hydrogen-bond donors (Lipinski definition) is 1. The molecule has 2 aromatic carbocycles. The molecule has 0 spiro atoms. The molecule has 1 aromatic heterocycles. The highest BCUT2D eigenvalue weighted by molar-refractivity contribution is 5.93. The first-order valence-corrected chi connectivity index (χ1v) is 8.16. The molecule has 5 heteroatoms. The summed E-state index contributed by atoms with van der Waals surface area (Å²) in [7, 11) is 3.23. The Morgan fingerprint density at radius 3 is 2.32 bits per heavy atom. The molecule has 1 N–H and O–H groups in total. The molecule has 0 amide bonds. The molecular weight excluding hydrogens is 314 g/mol. The summed E-state index contributed by atoms with van der Waals surface area (Å²) >= 11 is 0. The normalized spacial score (nSPS) is 11.4. The number of nitrogens with zero attached hydrogens (tertiary/aromatic N) is 2. The van der Waals surface area contributed by atoms with Crippen molar-refractivity contribution >= 4 is 22.4 Å². The van der Waals surface area contributed by atoms with Crippen LogP contribution < -0.4 is 14.8 Å². The number of anilines is 2. The van der Waals surface area contributed by atoms with Gasteiger partial charge in [-0.05, 0) is 29.2 Å². The lowest BCUT2D eigenvalue weighted by Gasteiger charge is -2.20. The molecule has 0 radical (unpaired) electrons. The maximum absolute atomic E-state index is 5.41. The second-order valence-corrected chi connectivity index (χ2v) is 6.90. The minimum atomic E-state index is 0.0853. The largest absolute Gasteiger partial charge is 0.493 e. The molecule has 0 fully saturated rings. The highest BCUT2D eigenvalue weighted by Gasteiger charge is 2.15. The SMILES string of the molecule is COc1cc2ncnc(Nc3cccc(C(C)(C)C)c3)c2cc1OC. The van der Waals surface area contributed by atoms with E-state index in [0.717, 1.165) is 22.4 Å². The first kappa shape index (κ1) is 17.0. The summed E-state index contributed by atoms with van der Waals surface area (Å²) in [5, 5.41) is 4.28. The van der Waals surface area contributed by atoms with E-state index in [1.807, 2.05) is 18.2 Å². The predicted molar refractivity (Wildman–Crippen MR) is 101 cm³/mol. The van der Waals surface area contributed by atoms with Crippen molar-refractivity contribution in [2.24, 2.45) is 0 Å². The smallest absolute Gasteiger partial charge is 0.162 e. The fourth-order valence-electron chi connectivity index (χ4n) is 2.68. The second-order valence-electron chi connectivity index (χ2n) is 6.90. The van der Waals surface area contributed by atoms with E-state index < -0.39 is 0 Å². The van der Waals surface area contributed by atoms with Gasteiger partial charge in [-0.1, -0.05) is 32.9 Å². The average molecular weight is 337 g/mol. The van der Waals surface area contributed by atoms with Crippen LogP contribution >= 0.6 is 0 Å². The third-order valence-electron chi connectivity index (χ3n) is 4.13. The Labute approximate surface area is 148 Å². The topological polar surface area (TPSA) is 56.3 Å². The van der Waals surface area contributed by atoms with Gasteiger partial charge in [-0.15, -0.1) is 0 Å². The Hall–Kier alpha value is -2.82. The molecule has 3 rings (SSSR count). The first-order valence-electron chi connectivity index (χ1n) is 8.16. The Bertz CT molecular complexity index is 901. The molecule has 0 unspecified atom stereocenters. The van der Waals surface area contributed by atoms with Crippen LogP contribution in [0.15, 0.2) is 42.7 Å². The number of fused-ring (bicyclic) bond motifs is 1. The third kappa shape index (κ3) is 3.50. The molecule has 0 saturated carbocycles. The highest BCUT2D eigenvalue weighted by Crippen LogP contribution is 2.34. The predicted octanol–water partition coefficient (Wildman–Crippen LogP) is 4.69. The number of ether oxygens (including phenoxy) is 2. The zero-order chi connectivity index (χ0) is 18.0. The monoisotopic (exact) mass is 337 g/mol. The lowest BCUT2D eigenvalue weighted by Crippen LogP contribution is -2.11. The number of hydrogen-bond acceptors (Lipinski definition) is 5. The van der Waals surface area contributed by atoms with Gasteiger partial charge in [0.25, 0.3) is 0 Å². The maximum Gasteiger partial charge on any atom is 0.162 e. The van der Waals surface area contributed by atoms with Gasteiger partial charge in [0.1, 0.15) is 12.1 Å². The van der Waals surface area contributed by atoms with Gasteiger partial charge in [0.15, 0.2) is 11.5 Å². The molecular formula is C20H23N3O2. The minimum absolute atomic E-state index is 0.0853. The minimum Gasteiger partial charge on any atom is -0.493 e. The van der Waals surface area contributed by atoms with E-state index >= 15 is 0 Å². The van der Waals surface area contributed by atoms with Crippen LogP contribution in [0.1, 0.15) is 26.3 Å². The molecule has 0 saturated heterocycles. The Kier molecular flexibility index (Phi) is 4.49. The molecule has 0 aliphatic carbocycles. The van der Waals surface area contributed by atoms with E-state index in [1.54, 1.807) is 20.5 Å². The number of rotatable bonds is 4. The second kappa shape index (κ2) is 6.59. The van der Waals surface area contributed by atoms with Crippen LogP contribution in [0.3, 0.4) is 0 Å². The summed E-state index contributed by atoms with van der Waals surface area (Å²) in [4.78, 5) is 8.74. The summed E-state index contributed by atoms with van der Waals surface area (Å²) in [6, 6.07) is 12.1. The van der Waals surface area contributed by atoms with E-state index in [4.69, 9.17) is 9.47 Å². The van der Waals surface area contributed by atoms with Crippen molar-refractivity contribution in [2.45, 2.75) is 26.2 Å². The molecule has 0 aliphatic heterocycles. The van der Waals surface area contributed by atoms with Crippen molar-refractivity contribution in [1.29, 1.82) is 0 Å². The Balaban J connectivity index is 2.05. The molecule has 0 aliphatic rings. The van der Waals surface area contributed by atoms with Gasteiger partial charge in [-0.25, -0.2) is 9.97 Å². The van der Waals surface area contributed by atoms with E-state index in [1.165, 1.54) is 5.56 Å². The number of benzene rings is 2. The van der Waals surface area contributed by atoms with Crippen molar-refractivity contribution in [3.63, 3.8) is 0 Å². The summed E-state index contributed by atoms with van der Waals surface area (Å²) < 4.78 is 10.8. The Morgan fingerprint density at radius 1 is 0.920 bits per heavy atom. The average Bonchev–Trinajstić information content (AvgIpc) is 2.60. The van der Waals surface area contributed by atoms with Gasteiger partial charge in [0.05, 0.1) is 19.7 Å². The van der Waals surface area contributed by atoms with Crippen LogP contribution in [0, 0.1) is 0 Å². The summed E-state index contributed by atoms with van der Waals surface area (Å²) in [5.74, 6) is 2.03. The molecule has 3 aromatic rings. The molecule has 0 atom stereocenters. The van der Waals surface area contributed by atoms with Gasteiger partial charge in [0.2, 0.25) is 0 Å². The number of aromatic nitrogens is 2. The number of methoxy groups -OCH3 is 2. The van der Waals surface area contributed by atoms with E-state index in [9.17, 15) is 0 Å².